The fraction of sp³-hybridized carbons (Fsp3) is 0.600. The van der Waals surface area contributed by atoms with Gasteiger partial charge in [-0.1, -0.05) is 26.0 Å². The lowest BCUT2D eigenvalue weighted by Crippen LogP contribution is -2.32. The molecule has 0 aromatic heterocycles. The van der Waals surface area contributed by atoms with E-state index in [0.717, 1.165) is 0 Å². The Labute approximate surface area is 66.7 Å². The first-order chi connectivity index (χ1) is 5.07. The summed E-state index contributed by atoms with van der Waals surface area (Å²) in [5.41, 5.74) is 0.586. The molecule has 0 saturated carbocycles. The summed E-state index contributed by atoms with van der Waals surface area (Å²) in [5.74, 6) is 3.09. The number of fused-ring (bicyclic) bond motifs is 4. The smallest absolute Gasteiger partial charge is 0.153 e. The minimum Gasteiger partial charge on any atom is -0.457 e. The Morgan fingerprint density at radius 1 is 1.36 bits per heavy atom. The first-order valence-corrected chi connectivity index (χ1v) is 4.19. The zero-order chi connectivity index (χ0) is 7.85. The molecule has 0 amide bonds. The van der Waals surface area contributed by atoms with Crippen molar-refractivity contribution in [3.8, 4) is 0 Å². The van der Waals surface area contributed by atoms with Gasteiger partial charge in [-0.15, -0.1) is 0 Å². The second kappa shape index (κ2) is 1.17. The molecule has 1 heterocycles. The maximum Gasteiger partial charge on any atom is 0.153 e. The fourth-order valence-electron chi connectivity index (χ4n) is 2.50. The van der Waals surface area contributed by atoms with E-state index >= 15 is 0 Å². The molecular weight excluding hydrogens is 136 g/mol. The van der Waals surface area contributed by atoms with Crippen molar-refractivity contribution in [1.29, 1.82) is 0 Å². The summed E-state index contributed by atoms with van der Waals surface area (Å²) in [5, 5.41) is 0. The molecule has 58 valence electrons. The summed E-state index contributed by atoms with van der Waals surface area (Å²) in [6, 6.07) is 0. The Balaban J connectivity index is 2.23. The van der Waals surface area contributed by atoms with Gasteiger partial charge in [-0.05, 0) is 12.3 Å². The zero-order valence-electron chi connectivity index (χ0n) is 7.14. The van der Waals surface area contributed by atoms with Crippen LogP contribution in [0.1, 0.15) is 20.8 Å². The van der Waals surface area contributed by atoms with Crippen LogP contribution >= 0.6 is 0 Å². The van der Waals surface area contributed by atoms with Crippen molar-refractivity contribution in [1.82, 2.24) is 0 Å². The van der Waals surface area contributed by atoms with Gasteiger partial charge < -0.3 is 4.74 Å². The van der Waals surface area contributed by atoms with E-state index in [1.807, 2.05) is 0 Å². The topological polar surface area (TPSA) is 12.5 Å². The molecule has 1 heteroatoms. The van der Waals surface area contributed by atoms with Crippen LogP contribution < -0.4 is 0 Å². The normalized spacial score (nSPS) is 47.7. The summed E-state index contributed by atoms with van der Waals surface area (Å²) in [6.45, 7) is 6.93. The van der Waals surface area contributed by atoms with Crippen LogP contribution in [0.2, 0.25) is 0 Å². The Hall–Kier alpha value is -0.720. The average molecular weight is 148 g/mol. The van der Waals surface area contributed by atoms with Gasteiger partial charge >= 0.3 is 0 Å². The van der Waals surface area contributed by atoms with Gasteiger partial charge in [-0.2, -0.15) is 0 Å². The molecule has 0 aromatic rings. The molecule has 11 heavy (non-hydrogen) atoms. The molecule has 0 aromatic carbocycles. The van der Waals surface area contributed by atoms with Crippen LogP contribution in [0.25, 0.3) is 0 Å². The molecule has 2 aliphatic carbocycles. The molecular formula is C10H12O. The van der Waals surface area contributed by atoms with Crippen molar-refractivity contribution in [2.45, 2.75) is 20.8 Å². The lowest BCUT2D eigenvalue weighted by Gasteiger charge is -2.36. The minimum atomic E-state index is 0.215. The minimum absolute atomic E-state index is 0.215. The predicted molar refractivity (Wildman–Crippen MR) is 42.6 cm³/mol. The maximum atomic E-state index is 5.45. The molecule has 0 N–H and O–H groups in total. The fourth-order valence-corrected chi connectivity index (χ4v) is 2.50. The molecule has 2 bridgehead atoms. The SMILES string of the molecule is CC12C=CC(C3=C1O3)C2(C)C. The molecule has 0 radical (unpaired) electrons. The maximum absolute atomic E-state index is 5.45. The first-order valence-electron chi connectivity index (χ1n) is 4.19. The largest absolute Gasteiger partial charge is 0.457 e. The summed E-state index contributed by atoms with van der Waals surface area (Å²) in [4.78, 5) is 0. The van der Waals surface area contributed by atoms with Crippen LogP contribution in [0, 0.1) is 16.7 Å². The quantitative estimate of drug-likeness (QED) is 0.481. The van der Waals surface area contributed by atoms with Crippen molar-refractivity contribution in [2.24, 2.45) is 16.7 Å². The lowest BCUT2D eigenvalue weighted by atomic mass is 9.68. The molecule has 3 rings (SSSR count). The van der Waals surface area contributed by atoms with E-state index in [0.29, 0.717) is 11.3 Å². The second-order valence-electron chi connectivity index (χ2n) is 4.56. The average Bonchev–Trinajstić information content (AvgIpc) is 2.60. The van der Waals surface area contributed by atoms with Crippen molar-refractivity contribution in [2.75, 3.05) is 0 Å². The Morgan fingerprint density at radius 2 is 2.09 bits per heavy atom. The zero-order valence-corrected chi connectivity index (χ0v) is 7.14. The van der Waals surface area contributed by atoms with Gasteiger partial charge in [-0.25, -0.2) is 0 Å². The lowest BCUT2D eigenvalue weighted by molar-refractivity contribution is 0.114. The Morgan fingerprint density at radius 3 is 2.45 bits per heavy atom. The van der Waals surface area contributed by atoms with Gasteiger partial charge in [0.05, 0.1) is 5.41 Å². The highest BCUT2D eigenvalue weighted by molar-refractivity contribution is 5.49. The van der Waals surface area contributed by atoms with E-state index in [9.17, 15) is 0 Å². The number of rotatable bonds is 0. The number of hydrogen-bond acceptors (Lipinski definition) is 1. The molecule has 0 saturated heterocycles. The van der Waals surface area contributed by atoms with E-state index < -0.39 is 0 Å². The third-order valence-corrected chi connectivity index (χ3v) is 3.89. The molecule has 2 unspecified atom stereocenters. The standard InChI is InChI=1S/C10H12O/c1-9(2)6-4-5-10(9,3)8-7(6)11-8/h4-6H,1-3H3. The van der Waals surface area contributed by atoms with E-state index in [1.165, 1.54) is 11.5 Å². The molecule has 0 spiro atoms. The predicted octanol–water partition coefficient (Wildman–Crippen LogP) is 2.46. The molecule has 3 aliphatic rings. The molecule has 2 atom stereocenters. The van der Waals surface area contributed by atoms with Crippen LogP contribution in [-0.4, -0.2) is 0 Å². The van der Waals surface area contributed by atoms with E-state index in [-0.39, 0.29) is 5.41 Å². The number of hydrogen-bond donors (Lipinski definition) is 0. The van der Waals surface area contributed by atoms with Crippen LogP contribution in [0.3, 0.4) is 0 Å². The van der Waals surface area contributed by atoms with Crippen molar-refractivity contribution in [3.63, 3.8) is 0 Å². The summed E-state index contributed by atoms with van der Waals surface area (Å²) in [7, 11) is 0. The van der Waals surface area contributed by atoms with Gasteiger partial charge in [0.2, 0.25) is 0 Å². The third-order valence-electron chi connectivity index (χ3n) is 3.89. The van der Waals surface area contributed by atoms with E-state index in [4.69, 9.17) is 4.74 Å². The van der Waals surface area contributed by atoms with Crippen molar-refractivity contribution >= 4 is 0 Å². The van der Waals surface area contributed by atoms with Gasteiger partial charge in [-0.3, -0.25) is 0 Å². The second-order valence-corrected chi connectivity index (χ2v) is 4.56. The first kappa shape index (κ1) is 5.87. The van der Waals surface area contributed by atoms with Gasteiger partial charge in [0.1, 0.15) is 0 Å². The van der Waals surface area contributed by atoms with Crippen LogP contribution in [0.15, 0.2) is 23.7 Å². The van der Waals surface area contributed by atoms with Crippen LogP contribution in [0.4, 0.5) is 0 Å². The van der Waals surface area contributed by atoms with Gasteiger partial charge in [0, 0.05) is 5.92 Å². The van der Waals surface area contributed by atoms with E-state index in [1.54, 1.807) is 0 Å². The number of allylic oxidation sites excluding steroid dienone is 2. The third kappa shape index (κ3) is 0.374. The number of ether oxygens (including phenoxy) is 1. The summed E-state index contributed by atoms with van der Waals surface area (Å²) >= 11 is 0. The summed E-state index contributed by atoms with van der Waals surface area (Å²) in [6.07, 6.45) is 4.61. The van der Waals surface area contributed by atoms with Gasteiger partial charge in [0.25, 0.3) is 0 Å². The van der Waals surface area contributed by atoms with Crippen molar-refractivity contribution < 1.29 is 4.74 Å². The molecule has 0 fully saturated rings. The highest BCUT2D eigenvalue weighted by Gasteiger charge is 2.66. The highest BCUT2D eigenvalue weighted by atomic mass is 16.6. The van der Waals surface area contributed by atoms with Crippen molar-refractivity contribution in [3.05, 3.63) is 23.7 Å². The molecule has 1 aliphatic heterocycles. The van der Waals surface area contributed by atoms with Crippen LogP contribution in [-0.2, 0) is 4.74 Å². The monoisotopic (exact) mass is 148 g/mol. The van der Waals surface area contributed by atoms with Crippen LogP contribution in [0.5, 0.6) is 0 Å². The Bertz CT molecular complexity index is 309. The highest BCUT2D eigenvalue weighted by Crippen LogP contribution is 2.71. The van der Waals surface area contributed by atoms with E-state index in [2.05, 4.69) is 32.9 Å². The Kier molecular flexibility index (Phi) is 0.627. The van der Waals surface area contributed by atoms with Gasteiger partial charge in [0.15, 0.2) is 11.5 Å². The summed E-state index contributed by atoms with van der Waals surface area (Å²) < 4.78 is 5.45. The molecule has 1 nitrogen and oxygen atoms in total.